The van der Waals surface area contributed by atoms with Crippen molar-refractivity contribution in [2.75, 3.05) is 14.2 Å². The number of nitrogens with zero attached hydrogens (tertiary/aromatic N) is 4. The van der Waals surface area contributed by atoms with Crippen LogP contribution in [0.15, 0.2) is 130 Å². The SMILES string of the molecule is COC(=O)C1=C(C)N=c2s/c(=C\c3cc(-c4ccccc4)n(-c4ccc([N+](=O)[O-])cc4)c3-c3ccccc3)c(=O)n2[C@@H]1c1cc(Cl)ccc1OC. The quantitative estimate of drug-likeness (QED) is 0.0942. The monoisotopic (exact) mass is 716 g/mol. The third-order valence-electron chi connectivity index (χ3n) is 8.67. The van der Waals surface area contributed by atoms with Crippen LogP contribution in [0.1, 0.15) is 24.1 Å². The summed E-state index contributed by atoms with van der Waals surface area (Å²) in [5.74, 6) is -0.189. The van der Waals surface area contributed by atoms with Gasteiger partial charge in [0.1, 0.15) is 11.8 Å². The first-order chi connectivity index (χ1) is 24.7. The van der Waals surface area contributed by atoms with E-state index < -0.39 is 16.9 Å². The summed E-state index contributed by atoms with van der Waals surface area (Å²) in [7, 11) is 2.79. The zero-order valence-corrected chi connectivity index (χ0v) is 29.1. The molecule has 0 radical (unpaired) electrons. The molecule has 10 nitrogen and oxygen atoms in total. The molecule has 0 saturated heterocycles. The number of methoxy groups -OCH3 is 2. The lowest BCUT2D eigenvalue weighted by Gasteiger charge is -2.25. The van der Waals surface area contributed by atoms with Gasteiger partial charge >= 0.3 is 5.97 Å². The Bertz CT molecular complexity index is 2540. The van der Waals surface area contributed by atoms with Crippen molar-refractivity contribution in [2.45, 2.75) is 13.0 Å². The molecule has 12 heteroatoms. The van der Waals surface area contributed by atoms with E-state index in [2.05, 4.69) is 0 Å². The van der Waals surface area contributed by atoms with E-state index in [0.29, 0.717) is 37.1 Å². The van der Waals surface area contributed by atoms with Crippen LogP contribution in [0.25, 0.3) is 34.3 Å². The molecule has 254 valence electrons. The van der Waals surface area contributed by atoms with Gasteiger partial charge < -0.3 is 14.0 Å². The minimum atomic E-state index is -0.928. The fourth-order valence-electron chi connectivity index (χ4n) is 6.39. The van der Waals surface area contributed by atoms with Gasteiger partial charge in [-0.25, -0.2) is 9.79 Å². The van der Waals surface area contributed by atoms with Crippen LogP contribution in [0.2, 0.25) is 5.02 Å². The summed E-state index contributed by atoms with van der Waals surface area (Å²) in [6.45, 7) is 1.71. The maximum Gasteiger partial charge on any atom is 0.338 e. The predicted octanol–water partition coefficient (Wildman–Crippen LogP) is 7.10. The number of non-ortho nitro benzene ring substituents is 1. The molecule has 6 aromatic rings. The average molecular weight is 717 g/mol. The molecule has 0 saturated carbocycles. The first-order valence-electron chi connectivity index (χ1n) is 15.8. The number of fused-ring (bicyclic) bond motifs is 1. The Morgan fingerprint density at radius 1 is 0.941 bits per heavy atom. The van der Waals surface area contributed by atoms with Crippen molar-refractivity contribution in [3.8, 4) is 34.0 Å². The number of esters is 1. The smallest absolute Gasteiger partial charge is 0.338 e. The van der Waals surface area contributed by atoms with E-state index >= 15 is 0 Å². The number of aromatic nitrogens is 2. The normalized spacial score (nSPS) is 14.2. The van der Waals surface area contributed by atoms with Crippen LogP contribution in [-0.4, -0.2) is 34.2 Å². The van der Waals surface area contributed by atoms with Gasteiger partial charge in [0, 0.05) is 34.0 Å². The van der Waals surface area contributed by atoms with Gasteiger partial charge in [-0.2, -0.15) is 0 Å². The molecule has 0 bridgehead atoms. The van der Waals surface area contributed by atoms with Crippen molar-refractivity contribution >= 4 is 40.7 Å². The molecule has 1 atom stereocenters. The maximum absolute atomic E-state index is 14.6. The number of benzene rings is 4. The van der Waals surface area contributed by atoms with E-state index in [1.807, 2.05) is 77.4 Å². The van der Waals surface area contributed by atoms with E-state index in [0.717, 1.165) is 28.1 Å². The Hall–Kier alpha value is -6.04. The molecule has 0 fully saturated rings. The first kappa shape index (κ1) is 33.5. The number of nitro groups is 1. The molecule has 0 spiro atoms. The van der Waals surface area contributed by atoms with E-state index in [9.17, 15) is 19.7 Å². The van der Waals surface area contributed by atoms with Gasteiger partial charge in [0.15, 0.2) is 4.80 Å². The second-order valence-electron chi connectivity index (χ2n) is 11.6. The van der Waals surface area contributed by atoms with Gasteiger partial charge in [-0.15, -0.1) is 0 Å². The Balaban J connectivity index is 1.53. The third-order valence-corrected chi connectivity index (χ3v) is 9.88. The van der Waals surface area contributed by atoms with E-state index in [4.69, 9.17) is 26.1 Å². The summed E-state index contributed by atoms with van der Waals surface area (Å²) in [6.07, 6.45) is 1.82. The summed E-state index contributed by atoms with van der Waals surface area (Å²) in [5, 5.41) is 11.9. The molecule has 0 amide bonds. The average Bonchev–Trinajstić information content (AvgIpc) is 3.68. The molecule has 51 heavy (non-hydrogen) atoms. The van der Waals surface area contributed by atoms with Gasteiger partial charge in [0.2, 0.25) is 0 Å². The predicted molar refractivity (Wildman–Crippen MR) is 197 cm³/mol. The second-order valence-corrected chi connectivity index (χ2v) is 13.1. The molecule has 0 unspecified atom stereocenters. The molecular weight excluding hydrogens is 688 g/mol. The number of carbonyl (C=O) groups excluding carboxylic acids is 1. The van der Waals surface area contributed by atoms with Crippen molar-refractivity contribution < 1.29 is 19.2 Å². The highest BCUT2D eigenvalue weighted by Gasteiger charge is 2.35. The van der Waals surface area contributed by atoms with Gasteiger partial charge in [-0.1, -0.05) is 83.6 Å². The van der Waals surface area contributed by atoms with Crippen LogP contribution in [0.5, 0.6) is 5.75 Å². The Morgan fingerprint density at radius 2 is 1.61 bits per heavy atom. The first-order valence-corrected chi connectivity index (χ1v) is 16.9. The molecular formula is C39H29ClN4O6S. The van der Waals surface area contributed by atoms with Crippen LogP contribution < -0.4 is 19.6 Å². The molecule has 1 aliphatic heterocycles. The number of allylic oxidation sites excluding steroid dienone is 1. The lowest BCUT2D eigenvalue weighted by molar-refractivity contribution is -0.384. The van der Waals surface area contributed by atoms with Crippen molar-refractivity contribution in [2.24, 2.45) is 4.99 Å². The van der Waals surface area contributed by atoms with Crippen molar-refractivity contribution in [3.63, 3.8) is 0 Å². The Labute approximate surface area is 300 Å². The Kier molecular flexibility index (Phi) is 8.99. The van der Waals surface area contributed by atoms with Gasteiger partial charge in [0.25, 0.3) is 11.2 Å². The molecule has 4 aromatic carbocycles. The number of rotatable bonds is 8. The molecule has 2 aromatic heterocycles. The number of hydrogen-bond donors (Lipinski definition) is 0. The highest BCUT2D eigenvalue weighted by atomic mass is 35.5. The summed E-state index contributed by atoms with van der Waals surface area (Å²) >= 11 is 7.65. The summed E-state index contributed by atoms with van der Waals surface area (Å²) < 4.78 is 14.7. The van der Waals surface area contributed by atoms with E-state index in [-0.39, 0.29) is 16.8 Å². The molecule has 0 aliphatic carbocycles. The fraction of sp³-hybridized carbons (Fsp3) is 0.103. The number of thiazole rings is 1. The fourth-order valence-corrected chi connectivity index (χ4v) is 7.61. The number of ether oxygens (including phenoxy) is 2. The lowest BCUT2D eigenvalue weighted by Crippen LogP contribution is -2.40. The third kappa shape index (κ3) is 6.07. The zero-order valence-electron chi connectivity index (χ0n) is 27.6. The summed E-state index contributed by atoms with van der Waals surface area (Å²) in [5.41, 5.74) is 5.48. The van der Waals surface area contributed by atoms with E-state index in [1.165, 1.54) is 42.3 Å². The Morgan fingerprint density at radius 3 is 2.24 bits per heavy atom. The highest BCUT2D eigenvalue weighted by Crippen LogP contribution is 2.39. The molecule has 3 heterocycles. The van der Waals surface area contributed by atoms with E-state index in [1.54, 1.807) is 37.3 Å². The number of carbonyl (C=O) groups is 1. The minimum absolute atomic E-state index is 0.0257. The van der Waals surface area contributed by atoms with Crippen molar-refractivity contribution in [1.29, 1.82) is 0 Å². The number of halogens is 1. The van der Waals surface area contributed by atoms with Crippen molar-refractivity contribution in [1.82, 2.24) is 9.13 Å². The summed E-state index contributed by atoms with van der Waals surface area (Å²) in [6, 6.07) is 32.0. The van der Waals surface area contributed by atoms with Crippen LogP contribution in [-0.2, 0) is 9.53 Å². The largest absolute Gasteiger partial charge is 0.496 e. The van der Waals surface area contributed by atoms with Crippen molar-refractivity contribution in [3.05, 3.63) is 166 Å². The minimum Gasteiger partial charge on any atom is -0.496 e. The second kappa shape index (κ2) is 13.7. The standard InChI is InChI=1S/C39H29ClN4O6S/c1-23-34(38(46)50-3)36(30-22-27(40)14-19-32(30)49-2)43-37(45)33(51-39(43)41-23)21-26-20-31(24-10-6-4-7-11-24)42(35(26)25-12-8-5-9-13-25)28-15-17-29(18-16-28)44(47)48/h4-22,36H,1-3H3/b33-21-/t36-/m1/s1. The topological polar surface area (TPSA) is 118 Å². The van der Waals surface area contributed by atoms with Crippen LogP contribution in [0.3, 0.4) is 0 Å². The maximum atomic E-state index is 14.6. The van der Waals surface area contributed by atoms with Crippen LogP contribution >= 0.6 is 22.9 Å². The number of nitro benzene ring substituents is 1. The highest BCUT2D eigenvalue weighted by molar-refractivity contribution is 7.07. The molecule has 1 aliphatic rings. The zero-order chi connectivity index (χ0) is 35.8. The van der Waals surface area contributed by atoms with Gasteiger partial charge in [0.05, 0.1) is 46.3 Å². The molecule has 0 N–H and O–H groups in total. The molecule has 7 rings (SSSR count). The van der Waals surface area contributed by atoms with Gasteiger partial charge in [-0.3, -0.25) is 19.5 Å². The number of hydrogen-bond acceptors (Lipinski definition) is 8. The van der Waals surface area contributed by atoms with Crippen LogP contribution in [0, 0.1) is 10.1 Å². The lowest BCUT2D eigenvalue weighted by atomic mass is 9.95. The summed E-state index contributed by atoms with van der Waals surface area (Å²) in [4.78, 5) is 44.0. The van der Waals surface area contributed by atoms with Crippen LogP contribution in [0.4, 0.5) is 5.69 Å². The van der Waals surface area contributed by atoms with Gasteiger partial charge in [-0.05, 0) is 60.5 Å².